The molecular weight excluding hydrogens is 446 g/mol. The molecule has 3 heterocycles. The Kier molecular flexibility index (Phi) is 6.00. The number of aromatic nitrogens is 3. The molecule has 2 aromatic heterocycles. The average Bonchev–Trinajstić information content (AvgIpc) is 3.38. The number of carbonyl (C=O) groups is 1. The summed E-state index contributed by atoms with van der Waals surface area (Å²) in [5.74, 6) is 2.42. The zero-order chi connectivity index (χ0) is 23.9. The van der Waals surface area contributed by atoms with Gasteiger partial charge in [0.05, 0.1) is 31.0 Å². The number of imidazole rings is 1. The zero-order valence-corrected chi connectivity index (χ0v) is 20.1. The van der Waals surface area contributed by atoms with Crippen LogP contribution in [0.1, 0.15) is 27.2 Å². The summed E-state index contributed by atoms with van der Waals surface area (Å²) < 4.78 is 12.6. The maximum absolute atomic E-state index is 11.9. The monoisotopic (exact) mass is 473 g/mol. The summed E-state index contributed by atoms with van der Waals surface area (Å²) in [4.78, 5) is 24.9. The maximum Gasteiger partial charge on any atom is 0.408 e. The van der Waals surface area contributed by atoms with Crippen LogP contribution in [0.5, 0.6) is 11.5 Å². The Morgan fingerprint density at radius 1 is 1.21 bits per heavy atom. The van der Waals surface area contributed by atoms with Gasteiger partial charge in [-0.25, -0.2) is 9.78 Å². The van der Waals surface area contributed by atoms with Gasteiger partial charge in [0.25, 0.3) is 0 Å². The third-order valence-corrected chi connectivity index (χ3v) is 6.14. The van der Waals surface area contributed by atoms with Crippen LogP contribution in [-0.4, -0.2) is 69.4 Å². The highest BCUT2D eigenvalue weighted by Crippen LogP contribution is 2.38. The van der Waals surface area contributed by atoms with Gasteiger partial charge in [-0.3, -0.25) is 9.30 Å². The van der Waals surface area contributed by atoms with Crippen molar-refractivity contribution in [2.75, 3.05) is 32.2 Å². The Bertz CT molecular complexity index is 1190. The molecule has 0 saturated carbocycles. The lowest BCUT2D eigenvalue weighted by atomic mass is 10.0. The van der Waals surface area contributed by atoms with E-state index in [0.717, 1.165) is 24.3 Å². The molecule has 3 aromatic rings. The van der Waals surface area contributed by atoms with Crippen molar-refractivity contribution >= 4 is 29.3 Å². The molecule has 0 aliphatic carbocycles. The van der Waals surface area contributed by atoms with E-state index in [1.54, 1.807) is 31.3 Å². The quantitative estimate of drug-likeness (QED) is 0.586. The summed E-state index contributed by atoms with van der Waals surface area (Å²) in [7, 11) is 3.14. The molecule has 1 saturated heterocycles. The van der Waals surface area contributed by atoms with Crippen molar-refractivity contribution < 1.29 is 19.4 Å². The molecule has 1 atom stereocenters. The standard InChI is InChI=1S/C23H28ClN5O4/c1-23(2,3)29(22(30)31)14-6-8-27(12-14)20-7-9-28-13-17(25-21(28)26-20)15-10-16(24)19(33-5)11-18(15)32-4/h7,9-11,13-14H,6,8,12H2,1-5H3,(H,30,31)/t14-/m1/s1. The largest absolute Gasteiger partial charge is 0.496 e. The lowest BCUT2D eigenvalue weighted by Crippen LogP contribution is -2.52. The van der Waals surface area contributed by atoms with Crippen molar-refractivity contribution in [2.24, 2.45) is 0 Å². The molecule has 0 spiro atoms. The molecule has 1 amide bonds. The summed E-state index contributed by atoms with van der Waals surface area (Å²) in [5.41, 5.74) is 0.935. The normalized spacial score (nSPS) is 16.3. The summed E-state index contributed by atoms with van der Waals surface area (Å²) in [5, 5.41) is 10.2. The van der Waals surface area contributed by atoms with Gasteiger partial charge in [0, 0.05) is 42.7 Å². The second-order valence-corrected chi connectivity index (χ2v) is 9.43. The Hall–Kier alpha value is -3.20. The molecule has 4 rings (SSSR count). The fourth-order valence-corrected chi connectivity index (χ4v) is 4.62. The first-order chi connectivity index (χ1) is 15.6. The van der Waals surface area contributed by atoms with E-state index in [1.807, 2.05) is 43.6 Å². The van der Waals surface area contributed by atoms with Gasteiger partial charge in [0.15, 0.2) is 0 Å². The van der Waals surface area contributed by atoms with Gasteiger partial charge < -0.3 is 19.5 Å². The molecule has 1 N–H and O–H groups in total. The Balaban J connectivity index is 1.62. The summed E-state index contributed by atoms with van der Waals surface area (Å²) in [6.07, 6.45) is 3.61. The van der Waals surface area contributed by atoms with Crippen molar-refractivity contribution in [3.05, 3.63) is 35.6 Å². The third-order valence-electron chi connectivity index (χ3n) is 5.84. The van der Waals surface area contributed by atoms with Gasteiger partial charge in [-0.15, -0.1) is 0 Å². The summed E-state index contributed by atoms with van der Waals surface area (Å²) >= 11 is 6.33. The van der Waals surface area contributed by atoms with Crippen LogP contribution in [0.25, 0.3) is 17.0 Å². The van der Waals surface area contributed by atoms with Crippen LogP contribution in [0.2, 0.25) is 5.02 Å². The highest BCUT2D eigenvalue weighted by Gasteiger charge is 2.37. The van der Waals surface area contributed by atoms with Crippen LogP contribution >= 0.6 is 11.6 Å². The molecule has 1 aliphatic rings. The Labute approximate surface area is 197 Å². The van der Waals surface area contributed by atoms with Crippen LogP contribution in [0.4, 0.5) is 10.6 Å². The number of anilines is 1. The van der Waals surface area contributed by atoms with Crippen LogP contribution in [0, 0.1) is 0 Å². The Morgan fingerprint density at radius 3 is 2.58 bits per heavy atom. The van der Waals surface area contributed by atoms with E-state index >= 15 is 0 Å². The molecule has 1 aliphatic heterocycles. The van der Waals surface area contributed by atoms with Crippen molar-refractivity contribution in [3.8, 4) is 22.8 Å². The number of fused-ring (bicyclic) bond motifs is 1. The van der Waals surface area contributed by atoms with E-state index in [1.165, 1.54) is 0 Å². The number of rotatable bonds is 5. The second kappa shape index (κ2) is 8.62. The van der Waals surface area contributed by atoms with E-state index in [2.05, 4.69) is 9.88 Å². The first-order valence-electron chi connectivity index (χ1n) is 10.7. The van der Waals surface area contributed by atoms with Gasteiger partial charge in [0.1, 0.15) is 17.3 Å². The maximum atomic E-state index is 11.9. The minimum atomic E-state index is -0.900. The van der Waals surface area contributed by atoms with Crippen molar-refractivity contribution in [1.82, 2.24) is 19.3 Å². The summed E-state index contributed by atoms with van der Waals surface area (Å²) in [6, 6.07) is 5.32. The van der Waals surface area contributed by atoms with E-state index < -0.39 is 11.6 Å². The zero-order valence-electron chi connectivity index (χ0n) is 19.4. The number of halogens is 1. The minimum Gasteiger partial charge on any atom is -0.496 e. The number of hydrogen-bond acceptors (Lipinski definition) is 6. The average molecular weight is 474 g/mol. The van der Waals surface area contributed by atoms with Crippen LogP contribution < -0.4 is 14.4 Å². The van der Waals surface area contributed by atoms with Gasteiger partial charge in [0.2, 0.25) is 5.78 Å². The number of nitrogens with zero attached hydrogens (tertiary/aromatic N) is 5. The fraction of sp³-hybridized carbons (Fsp3) is 0.435. The molecular formula is C23H28ClN5O4. The van der Waals surface area contributed by atoms with Crippen LogP contribution in [-0.2, 0) is 0 Å². The molecule has 0 bridgehead atoms. The lowest BCUT2D eigenvalue weighted by molar-refractivity contribution is 0.0763. The topological polar surface area (TPSA) is 92.4 Å². The van der Waals surface area contributed by atoms with Crippen molar-refractivity contribution in [3.63, 3.8) is 0 Å². The van der Waals surface area contributed by atoms with Gasteiger partial charge in [-0.2, -0.15) is 4.98 Å². The predicted molar refractivity (Wildman–Crippen MR) is 127 cm³/mol. The lowest BCUT2D eigenvalue weighted by Gasteiger charge is -2.37. The fourth-order valence-electron chi connectivity index (χ4n) is 4.38. The van der Waals surface area contributed by atoms with Gasteiger partial charge >= 0.3 is 6.09 Å². The highest BCUT2D eigenvalue weighted by molar-refractivity contribution is 6.32. The van der Waals surface area contributed by atoms with Gasteiger partial charge in [-0.1, -0.05) is 11.6 Å². The number of ether oxygens (including phenoxy) is 2. The number of methoxy groups -OCH3 is 2. The minimum absolute atomic E-state index is 0.0958. The van der Waals surface area contributed by atoms with E-state index in [4.69, 9.17) is 26.1 Å². The van der Waals surface area contributed by atoms with Crippen LogP contribution in [0.15, 0.2) is 30.6 Å². The van der Waals surface area contributed by atoms with E-state index in [9.17, 15) is 9.90 Å². The third kappa shape index (κ3) is 4.37. The van der Waals surface area contributed by atoms with E-state index in [-0.39, 0.29) is 6.04 Å². The molecule has 1 fully saturated rings. The number of benzene rings is 1. The highest BCUT2D eigenvalue weighted by atomic mass is 35.5. The number of amides is 1. The molecule has 9 nitrogen and oxygen atoms in total. The molecule has 10 heteroatoms. The molecule has 33 heavy (non-hydrogen) atoms. The smallest absolute Gasteiger partial charge is 0.408 e. The summed E-state index contributed by atoms with van der Waals surface area (Å²) in [6.45, 7) is 7.06. The van der Waals surface area contributed by atoms with E-state index in [0.29, 0.717) is 34.5 Å². The predicted octanol–water partition coefficient (Wildman–Crippen LogP) is 4.42. The first kappa shape index (κ1) is 23.0. The SMILES string of the molecule is COc1cc(OC)c(-c2cn3ccc(N4CC[C@@H](N(C(=O)O)C(C)(C)C)C4)nc3n2)cc1Cl. The molecule has 0 unspecified atom stereocenters. The first-order valence-corrected chi connectivity index (χ1v) is 11.0. The van der Waals surface area contributed by atoms with Crippen molar-refractivity contribution in [2.45, 2.75) is 38.8 Å². The van der Waals surface area contributed by atoms with Crippen molar-refractivity contribution in [1.29, 1.82) is 0 Å². The molecule has 0 radical (unpaired) electrons. The van der Waals surface area contributed by atoms with Gasteiger partial charge in [-0.05, 0) is 39.3 Å². The number of hydrogen-bond donors (Lipinski definition) is 1. The van der Waals surface area contributed by atoms with Crippen LogP contribution in [0.3, 0.4) is 0 Å². The number of carboxylic acid groups (broad SMARTS) is 1. The molecule has 176 valence electrons. The molecule has 1 aromatic carbocycles. The second-order valence-electron chi connectivity index (χ2n) is 9.02. The Morgan fingerprint density at radius 2 is 1.94 bits per heavy atom.